The molecule has 0 atom stereocenters. The number of hydrogen-bond donors (Lipinski definition) is 0. The van der Waals surface area contributed by atoms with Gasteiger partial charge in [0.25, 0.3) is 0 Å². The van der Waals surface area contributed by atoms with Gasteiger partial charge in [0.15, 0.2) is 0 Å². The smallest absolute Gasteiger partial charge is 0.462 e. The number of rotatable bonds is 32. The van der Waals surface area contributed by atoms with E-state index in [9.17, 15) is 0 Å². The van der Waals surface area contributed by atoms with Gasteiger partial charge in [0.2, 0.25) is 0 Å². The van der Waals surface area contributed by atoms with Crippen molar-refractivity contribution in [3.63, 3.8) is 0 Å². The van der Waals surface area contributed by atoms with Gasteiger partial charge in [-0.25, -0.2) is 18.3 Å². The van der Waals surface area contributed by atoms with Gasteiger partial charge >= 0.3 is 30.4 Å². The summed E-state index contributed by atoms with van der Waals surface area (Å²) in [6, 6.07) is 84.9. The van der Waals surface area contributed by atoms with E-state index < -0.39 is 30.4 Å². The Labute approximate surface area is 631 Å². The first kappa shape index (κ1) is 75.4. The molecule has 0 spiro atoms. The Morgan fingerprint density at radius 3 is 0.463 bits per heavy atom. The van der Waals surface area contributed by atoms with Crippen molar-refractivity contribution in [2.75, 3.05) is 26.4 Å². The van der Waals surface area contributed by atoms with Crippen molar-refractivity contribution < 1.29 is 73.4 Å². The Morgan fingerprint density at radius 1 is 0.213 bits per heavy atom. The second-order valence-corrected chi connectivity index (χ2v) is 33.2. The molecule has 0 aliphatic heterocycles. The molecule has 0 unspecified atom stereocenters. The number of hydrogen-bond acceptors (Lipinski definition) is 16. The van der Waals surface area contributed by atoms with Gasteiger partial charge in [-0.1, -0.05) is 173 Å². The maximum Gasteiger partial charge on any atom is 0.462 e. The normalized spacial score (nSPS) is 12.2. The first-order valence-corrected chi connectivity index (χ1v) is 42.4. The maximum absolute atomic E-state index is 16.8. The standard InChI is InChI=1S/C88H84O16P4/c1-5-49-93-85-65-53-67-59-82(106(90,99-75-37-21-11-22-38-75)100-76-39-23-12-24-40-76)61-69(86(67)94-50-6-2)55-71-63-84(108(92,103-79-45-29-15-30-46-79)104-80-47-31-16-32-48-80)64-72(88(71)96-52-8-4)56-70-62-83(107(91,101-77-41-25-13-26-42-77)102-78-43-27-14-28-44-78)60-68(87(70)95-51-7-3)54-66(85)58-81(57-65)105(89,97-73-33-17-9-18-34-73)98-74-35-19-10-20-36-74/h9-48,57-64H,5-8,49-56H2,1-4H3. The molecule has 20 heteroatoms. The average Bonchev–Trinajstić information content (AvgIpc) is 0.756. The van der Waals surface area contributed by atoms with Gasteiger partial charge in [0, 0.05) is 25.7 Å². The van der Waals surface area contributed by atoms with Crippen LogP contribution in [-0.4, -0.2) is 26.4 Å². The Balaban J connectivity index is 1.17. The van der Waals surface area contributed by atoms with Crippen molar-refractivity contribution in [3.05, 3.63) is 336 Å². The second-order valence-electron chi connectivity index (χ2n) is 25.7. The lowest BCUT2D eigenvalue weighted by atomic mass is 9.91. The molecule has 552 valence electrons. The van der Waals surface area contributed by atoms with Crippen LogP contribution in [0.4, 0.5) is 0 Å². The van der Waals surface area contributed by atoms with E-state index in [-0.39, 0.29) is 119 Å². The van der Waals surface area contributed by atoms with Crippen LogP contribution >= 0.6 is 30.4 Å². The molecule has 12 aromatic rings. The van der Waals surface area contributed by atoms with Crippen molar-refractivity contribution in [1.82, 2.24) is 0 Å². The van der Waals surface area contributed by atoms with Gasteiger partial charge in [-0.15, -0.1) is 0 Å². The van der Waals surface area contributed by atoms with Crippen molar-refractivity contribution in [2.24, 2.45) is 0 Å². The summed E-state index contributed by atoms with van der Waals surface area (Å²) >= 11 is 0. The third-order valence-corrected chi connectivity index (χ3v) is 24.4. The van der Waals surface area contributed by atoms with E-state index in [1.54, 1.807) is 243 Å². The highest BCUT2D eigenvalue weighted by Gasteiger charge is 2.41. The van der Waals surface area contributed by atoms with Crippen LogP contribution in [0.2, 0.25) is 0 Å². The third kappa shape index (κ3) is 18.6. The number of fused-ring (bicyclic) bond motifs is 8. The highest BCUT2D eigenvalue weighted by atomic mass is 31.2. The quantitative estimate of drug-likeness (QED) is 0.0363. The summed E-state index contributed by atoms with van der Waals surface area (Å²) in [7, 11) is -18.4. The van der Waals surface area contributed by atoms with Crippen LogP contribution in [0, 0.1) is 0 Å². The number of benzene rings is 12. The fourth-order valence-electron chi connectivity index (χ4n) is 12.5. The monoisotopic (exact) mass is 1520 g/mol. The minimum atomic E-state index is -4.60. The molecule has 0 saturated carbocycles. The van der Waals surface area contributed by atoms with E-state index in [0.717, 1.165) is 0 Å². The molecule has 8 bridgehead atoms. The molecule has 16 nitrogen and oxygen atoms in total. The molecular weight excluding hydrogens is 1440 g/mol. The summed E-state index contributed by atoms with van der Waals surface area (Å²) in [6.45, 7) is 8.89. The Bertz CT molecular complexity index is 4260. The predicted molar refractivity (Wildman–Crippen MR) is 426 cm³/mol. The second kappa shape index (κ2) is 35.3. The van der Waals surface area contributed by atoms with Gasteiger partial charge in [-0.2, -0.15) is 0 Å². The fraction of sp³-hybridized carbons (Fsp3) is 0.182. The van der Waals surface area contributed by atoms with E-state index in [1.807, 2.05) is 76.2 Å². The Kier molecular flexibility index (Phi) is 24.6. The van der Waals surface area contributed by atoms with Gasteiger partial charge < -0.3 is 55.1 Å². The number of para-hydroxylation sites is 8. The molecule has 108 heavy (non-hydrogen) atoms. The SMILES string of the molecule is CCCOc1c2cc(P(=O)(Oc3ccccc3)Oc3ccccc3)cc1Cc1cc(P(=O)(Oc3ccccc3)Oc3ccccc3)cc(c1OCCC)Cc1cc(P(=O)(Oc3ccccc3)Oc3ccccc3)cc(c1OCCC)Cc1cc(P(=O)(Oc3ccccc3)Oc3ccccc3)cc(c1OCCC)C2. The zero-order valence-corrected chi connectivity index (χ0v) is 64.1. The molecular formula is C88H84O16P4. The topological polar surface area (TPSA) is 179 Å². The van der Waals surface area contributed by atoms with Crippen LogP contribution in [0.5, 0.6) is 69.0 Å². The molecule has 1 aliphatic carbocycles. The zero-order valence-electron chi connectivity index (χ0n) is 60.5. The molecule has 0 heterocycles. The van der Waals surface area contributed by atoms with Gasteiger partial charge in [0.05, 0.1) is 47.6 Å². The molecule has 1 aliphatic rings. The van der Waals surface area contributed by atoms with Crippen molar-refractivity contribution >= 4 is 51.6 Å². The molecule has 13 rings (SSSR count). The first-order valence-electron chi connectivity index (χ1n) is 36.3. The van der Waals surface area contributed by atoms with E-state index in [2.05, 4.69) is 0 Å². The van der Waals surface area contributed by atoms with Crippen LogP contribution in [0.15, 0.2) is 291 Å². The van der Waals surface area contributed by atoms with Gasteiger partial charge in [-0.3, -0.25) is 0 Å². The molecule has 12 aromatic carbocycles. The largest absolute Gasteiger partial charge is 0.493 e. The van der Waals surface area contributed by atoms with Crippen LogP contribution in [-0.2, 0) is 43.9 Å². The molecule has 0 N–H and O–H groups in total. The lowest BCUT2D eigenvalue weighted by molar-refractivity contribution is 0.305. The summed E-state index contributed by atoms with van der Waals surface area (Å²) in [5, 5.41) is 0.559. The molecule has 0 amide bonds. The van der Waals surface area contributed by atoms with Crippen LogP contribution < -0.4 is 76.4 Å². The third-order valence-electron chi connectivity index (χ3n) is 17.3. The molecule has 0 aromatic heterocycles. The van der Waals surface area contributed by atoms with E-state index in [1.165, 1.54) is 0 Å². The summed E-state index contributed by atoms with van der Waals surface area (Å²) in [5.74, 6) is 3.72. The summed E-state index contributed by atoms with van der Waals surface area (Å²) < 4.78 is 150. The summed E-state index contributed by atoms with van der Waals surface area (Å²) in [4.78, 5) is 0. The lowest BCUT2D eigenvalue weighted by Gasteiger charge is -2.27. The predicted octanol–water partition coefficient (Wildman–Crippen LogP) is 21.4. The summed E-state index contributed by atoms with van der Waals surface area (Å²) in [6.07, 6.45) is 1.98. The molecule has 0 saturated heterocycles. The minimum absolute atomic E-state index is 0.0713. The highest BCUT2D eigenvalue weighted by Crippen LogP contribution is 2.55. The van der Waals surface area contributed by atoms with Crippen molar-refractivity contribution in [1.29, 1.82) is 0 Å². The van der Waals surface area contributed by atoms with E-state index in [0.29, 0.717) is 93.2 Å². The zero-order chi connectivity index (χ0) is 74.8. The van der Waals surface area contributed by atoms with Crippen LogP contribution in [0.3, 0.4) is 0 Å². The van der Waals surface area contributed by atoms with Crippen molar-refractivity contribution in [2.45, 2.75) is 79.1 Å². The van der Waals surface area contributed by atoms with Crippen LogP contribution in [0.1, 0.15) is 97.9 Å². The van der Waals surface area contributed by atoms with Gasteiger partial charge in [0.1, 0.15) is 69.0 Å². The maximum atomic E-state index is 16.8. The lowest BCUT2D eigenvalue weighted by Crippen LogP contribution is -2.22. The van der Waals surface area contributed by atoms with E-state index >= 15 is 18.3 Å². The molecule has 0 radical (unpaired) electrons. The fourth-order valence-corrected chi connectivity index (χ4v) is 19.2. The van der Waals surface area contributed by atoms with Gasteiger partial charge in [-0.05, 0) is 216 Å². The number of ether oxygens (including phenoxy) is 4. The first-order chi connectivity index (χ1) is 52.7. The summed E-state index contributed by atoms with van der Waals surface area (Å²) in [5.41, 5.74) is 3.85. The van der Waals surface area contributed by atoms with E-state index in [4.69, 9.17) is 55.1 Å². The Morgan fingerprint density at radius 2 is 0.343 bits per heavy atom. The van der Waals surface area contributed by atoms with Crippen LogP contribution in [0.25, 0.3) is 0 Å². The average molecular weight is 1520 g/mol. The highest BCUT2D eigenvalue weighted by molar-refractivity contribution is 7.64. The molecule has 0 fully saturated rings. The Hall–Kier alpha value is -10.8. The van der Waals surface area contributed by atoms with Crippen molar-refractivity contribution in [3.8, 4) is 69.0 Å². The minimum Gasteiger partial charge on any atom is -0.493 e.